The lowest BCUT2D eigenvalue weighted by molar-refractivity contribution is 0.891. The summed E-state index contributed by atoms with van der Waals surface area (Å²) in [7, 11) is 0. The van der Waals surface area contributed by atoms with E-state index < -0.39 is 0 Å². The van der Waals surface area contributed by atoms with Crippen molar-refractivity contribution in [1.29, 1.82) is 0 Å². The van der Waals surface area contributed by atoms with E-state index in [4.69, 9.17) is 5.73 Å². The van der Waals surface area contributed by atoms with Crippen molar-refractivity contribution < 1.29 is 0 Å². The van der Waals surface area contributed by atoms with Crippen LogP contribution >= 0.6 is 11.8 Å². The minimum absolute atomic E-state index is 0.444. The topological polar surface area (TPSA) is 69.6 Å². The summed E-state index contributed by atoms with van der Waals surface area (Å²) in [5.74, 6) is 0.444. The van der Waals surface area contributed by atoms with Crippen molar-refractivity contribution in [1.82, 2.24) is 19.7 Å². The first kappa shape index (κ1) is 14.7. The minimum Gasteiger partial charge on any atom is -0.383 e. The Morgan fingerprint density at radius 2 is 1.88 bits per heavy atom. The van der Waals surface area contributed by atoms with E-state index in [9.17, 15) is 0 Å². The quantitative estimate of drug-likeness (QED) is 0.616. The summed E-state index contributed by atoms with van der Waals surface area (Å²) in [6.07, 6.45) is 3.16. The number of nitrogen functional groups attached to an aromatic ring is 1. The van der Waals surface area contributed by atoms with Gasteiger partial charge in [0.15, 0.2) is 5.65 Å². The molecule has 0 bridgehead atoms. The van der Waals surface area contributed by atoms with E-state index >= 15 is 0 Å². The van der Waals surface area contributed by atoms with Crippen LogP contribution < -0.4 is 5.73 Å². The van der Waals surface area contributed by atoms with Crippen LogP contribution in [0.3, 0.4) is 0 Å². The van der Waals surface area contributed by atoms with Crippen LogP contribution in [0.4, 0.5) is 5.82 Å². The van der Waals surface area contributed by atoms with E-state index in [0.29, 0.717) is 11.5 Å². The number of fused-ring (bicyclic) bond motifs is 1. The molecule has 2 N–H and O–H groups in total. The molecule has 0 atom stereocenters. The molecule has 0 saturated carbocycles. The number of aryl methyl sites for hydroxylation is 1. The number of rotatable bonds is 3. The Labute approximate surface area is 143 Å². The highest BCUT2D eigenvalue weighted by Crippen LogP contribution is 2.31. The maximum Gasteiger partial charge on any atom is 0.168 e. The molecule has 0 fully saturated rings. The summed E-state index contributed by atoms with van der Waals surface area (Å²) in [6, 6.07) is 16.6. The molecule has 6 heteroatoms. The van der Waals surface area contributed by atoms with Crippen LogP contribution in [0.15, 0.2) is 70.8 Å². The Bertz CT molecular complexity index is 1010. The zero-order chi connectivity index (χ0) is 16.5. The van der Waals surface area contributed by atoms with Gasteiger partial charge in [0.25, 0.3) is 0 Å². The summed E-state index contributed by atoms with van der Waals surface area (Å²) >= 11 is 1.75. The largest absolute Gasteiger partial charge is 0.383 e. The second-order valence-corrected chi connectivity index (χ2v) is 6.53. The summed E-state index contributed by atoms with van der Waals surface area (Å²) < 4.78 is 1.79. The number of benzene rings is 2. The molecule has 0 saturated heterocycles. The second kappa shape index (κ2) is 5.98. The van der Waals surface area contributed by atoms with Gasteiger partial charge in [-0.25, -0.2) is 14.6 Å². The molecule has 0 spiro atoms. The Morgan fingerprint density at radius 1 is 1.04 bits per heavy atom. The standard InChI is InChI=1S/C18H15N5S/c1-12-9-13(7-8-16(12)24-14-5-3-2-4-6-14)23-18-15(10-22-23)17(19)20-11-21-18/h2-11H,1H3,(H2,19,20,21). The van der Waals surface area contributed by atoms with Crippen molar-refractivity contribution in [2.45, 2.75) is 16.7 Å². The molecule has 0 radical (unpaired) electrons. The van der Waals surface area contributed by atoms with Gasteiger partial charge in [-0.1, -0.05) is 30.0 Å². The molecule has 0 unspecified atom stereocenters. The van der Waals surface area contributed by atoms with Gasteiger partial charge >= 0.3 is 0 Å². The lowest BCUT2D eigenvalue weighted by atomic mass is 10.2. The molecule has 2 aromatic carbocycles. The first-order chi connectivity index (χ1) is 11.7. The van der Waals surface area contributed by atoms with Gasteiger partial charge in [0.05, 0.1) is 17.3 Å². The van der Waals surface area contributed by atoms with Gasteiger partial charge in [0, 0.05) is 9.79 Å². The van der Waals surface area contributed by atoms with Crippen molar-refractivity contribution >= 4 is 28.6 Å². The number of anilines is 1. The molecule has 24 heavy (non-hydrogen) atoms. The highest BCUT2D eigenvalue weighted by Gasteiger charge is 2.10. The molecule has 0 aliphatic heterocycles. The van der Waals surface area contributed by atoms with Gasteiger partial charge in [0.2, 0.25) is 0 Å². The van der Waals surface area contributed by atoms with Crippen LogP contribution in [0.1, 0.15) is 5.56 Å². The third-order valence-electron chi connectivity index (χ3n) is 3.77. The zero-order valence-corrected chi connectivity index (χ0v) is 13.9. The lowest BCUT2D eigenvalue weighted by Gasteiger charge is -2.09. The number of aromatic nitrogens is 4. The summed E-state index contributed by atoms with van der Waals surface area (Å²) in [4.78, 5) is 10.7. The molecule has 2 heterocycles. The Balaban J connectivity index is 1.72. The Morgan fingerprint density at radius 3 is 2.67 bits per heavy atom. The van der Waals surface area contributed by atoms with E-state index in [1.54, 1.807) is 22.6 Å². The Kier molecular flexibility index (Phi) is 3.66. The molecule has 0 amide bonds. The average molecular weight is 333 g/mol. The average Bonchev–Trinajstić information content (AvgIpc) is 3.03. The lowest BCUT2D eigenvalue weighted by Crippen LogP contribution is -1.99. The van der Waals surface area contributed by atoms with Crippen molar-refractivity contribution in [2.75, 3.05) is 5.73 Å². The molecular weight excluding hydrogens is 318 g/mol. The van der Waals surface area contributed by atoms with E-state index in [0.717, 1.165) is 11.1 Å². The van der Waals surface area contributed by atoms with Crippen LogP contribution in [0.25, 0.3) is 16.7 Å². The van der Waals surface area contributed by atoms with Gasteiger partial charge in [-0.15, -0.1) is 0 Å². The van der Waals surface area contributed by atoms with E-state index in [-0.39, 0.29) is 0 Å². The normalized spacial score (nSPS) is 11.0. The first-order valence-corrected chi connectivity index (χ1v) is 8.32. The molecule has 118 valence electrons. The van der Waals surface area contributed by atoms with Crippen LogP contribution in [0.5, 0.6) is 0 Å². The van der Waals surface area contributed by atoms with Crippen molar-refractivity contribution in [3.63, 3.8) is 0 Å². The Hall–Kier alpha value is -2.86. The molecule has 0 aliphatic carbocycles. The van der Waals surface area contributed by atoms with Crippen LogP contribution in [-0.4, -0.2) is 19.7 Å². The SMILES string of the molecule is Cc1cc(-n2ncc3c(N)ncnc32)ccc1Sc1ccccc1. The van der Waals surface area contributed by atoms with Crippen molar-refractivity contribution in [2.24, 2.45) is 0 Å². The van der Waals surface area contributed by atoms with Crippen LogP contribution in [0.2, 0.25) is 0 Å². The van der Waals surface area contributed by atoms with Gasteiger partial charge in [-0.05, 0) is 42.8 Å². The predicted molar refractivity (Wildman–Crippen MR) is 96.4 cm³/mol. The number of hydrogen-bond acceptors (Lipinski definition) is 5. The van der Waals surface area contributed by atoms with Crippen LogP contribution in [0, 0.1) is 6.92 Å². The fraction of sp³-hybridized carbons (Fsp3) is 0.0556. The third kappa shape index (κ3) is 2.61. The predicted octanol–water partition coefficient (Wildman–Crippen LogP) is 3.86. The van der Waals surface area contributed by atoms with Crippen molar-refractivity contribution in [3.8, 4) is 5.69 Å². The summed E-state index contributed by atoms with van der Waals surface area (Å²) in [6.45, 7) is 2.10. The molecule has 2 aromatic heterocycles. The van der Waals surface area contributed by atoms with Crippen molar-refractivity contribution in [3.05, 3.63) is 66.6 Å². The first-order valence-electron chi connectivity index (χ1n) is 7.50. The molecular formula is C18H15N5S. The monoisotopic (exact) mass is 333 g/mol. The smallest absolute Gasteiger partial charge is 0.168 e. The molecule has 0 aliphatic rings. The van der Waals surface area contributed by atoms with E-state index in [2.05, 4.69) is 46.3 Å². The summed E-state index contributed by atoms with van der Waals surface area (Å²) in [5.41, 5.74) is 8.74. The van der Waals surface area contributed by atoms with Gasteiger partial charge < -0.3 is 5.73 Å². The maximum atomic E-state index is 5.88. The highest BCUT2D eigenvalue weighted by atomic mass is 32.2. The number of nitrogens with two attached hydrogens (primary N) is 1. The highest BCUT2D eigenvalue weighted by molar-refractivity contribution is 7.99. The van der Waals surface area contributed by atoms with E-state index in [1.165, 1.54) is 21.7 Å². The third-order valence-corrected chi connectivity index (χ3v) is 4.96. The maximum absolute atomic E-state index is 5.88. The minimum atomic E-state index is 0.444. The van der Waals surface area contributed by atoms with Gasteiger partial charge in [-0.2, -0.15) is 5.10 Å². The summed E-state index contributed by atoms with van der Waals surface area (Å²) in [5, 5.41) is 5.17. The number of hydrogen-bond donors (Lipinski definition) is 1. The fourth-order valence-corrected chi connectivity index (χ4v) is 3.45. The molecule has 5 nitrogen and oxygen atoms in total. The van der Waals surface area contributed by atoms with E-state index in [1.807, 2.05) is 24.3 Å². The van der Waals surface area contributed by atoms with Crippen LogP contribution in [-0.2, 0) is 0 Å². The number of nitrogens with zero attached hydrogens (tertiary/aromatic N) is 4. The second-order valence-electron chi connectivity index (χ2n) is 5.42. The van der Waals surface area contributed by atoms with Gasteiger partial charge in [0.1, 0.15) is 12.1 Å². The van der Waals surface area contributed by atoms with Gasteiger partial charge in [-0.3, -0.25) is 0 Å². The molecule has 4 aromatic rings. The fourth-order valence-electron chi connectivity index (χ4n) is 2.55. The molecule has 4 rings (SSSR count). The zero-order valence-electron chi connectivity index (χ0n) is 13.0.